The van der Waals surface area contributed by atoms with E-state index in [1.54, 1.807) is 0 Å². The number of phenolic OH excluding ortho intramolecular Hbond substituents is 1. The van der Waals surface area contributed by atoms with E-state index in [0.29, 0.717) is 19.3 Å². The first-order chi connectivity index (χ1) is 21.5. The summed E-state index contributed by atoms with van der Waals surface area (Å²) >= 11 is 0. The van der Waals surface area contributed by atoms with E-state index in [1.807, 2.05) is 0 Å². The Labute approximate surface area is 259 Å². The summed E-state index contributed by atoms with van der Waals surface area (Å²) in [6.07, 6.45) is -9.45. The zero-order valence-electron chi connectivity index (χ0n) is 24.9. The molecule has 0 aromatic heterocycles. The van der Waals surface area contributed by atoms with Crippen LogP contribution in [0.15, 0.2) is 18.2 Å². The minimum absolute atomic E-state index is 0.103. The van der Waals surface area contributed by atoms with E-state index in [4.69, 9.17) is 18.9 Å². The number of phenols is 1. The Hall–Kier alpha value is -2.51. The topological polar surface area (TPSA) is 234 Å². The van der Waals surface area contributed by atoms with E-state index in [-0.39, 0.29) is 12.6 Å². The van der Waals surface area contributed by atoms with Crippen LogP contribution < -0.4 is 5.32 Å². The van der Waals surface area contributed by atoms with Crippen molar-refractivity contribution in [2.45, 2.75) is 106 Å². The first kappa shape index (κ1) is 37.0. The van der Waals surface area contributed by atoms with Crippen LogP contribution in [0.1, 0.15) is 55.3 Å². The lowest BCUT2D eigenvalue weighted by molar-refractivity contribution is -0.344. The molecule has 3 rings (SSSR count). The molecule has 2 saturated heterocycles. The van der Waals surface area contributed by atoms with Gasteiger partial charge in [-0.15, -0.1) is 0 Å². The predicted octanol–water partition coefficient (Wildman–Crippen LogP) is -1.19. The fourth-order valence-electron chi connectivity index (χ4n) is 5.16. The number of unbranched alkanes of at least 4 members (excludes halogenated alkanes) is 5. The quantitative estimate of drug-likeness (QED) is 0.0778. The zero-order valence-corrected chi connectivity index (χ0v) is 24.9. The lowest BCUT2D eigenvalue weighted by Crippen LogP contribution is -2.68. The van der Waals surface area contributed by atoms with Gasteiger partial charge in [0.05, 0.1) is 25.9 Å². The Balaban J connectivity index is 1.75. The molecule has 7 unspecified atom stereocenters. The molecule has 0 saturated carbocycles. The van der Waals surface area contributed by atoms with Gasteiger partial charge in [0.1, 0.15) is 60.3 Å². The number of ether oxygens (including phenoxy) is 5. The van der Waals surface area contributed by atoms with Crippen LogP contribution in [-0.4, -0.2) is 136 Å². The summed E-state index contributed by atoms with van der Waals surface area (Å²) in [5, 5.41) is 74.1. The lowest BCUT2D eigenvalue weighted by atomic mass is 9.95. The fourth-order valence-corrected chi connectivity index (χ4v) is 5.16. The standard InChI is InChI=1S/C29H44FNO14/c1-41-20(35)8-6-4-2-3-5-7-11-42-28-21(31-27(40)16-12-15(30)9-10-17(16)34)26(23(37)19(14-33)43-28)45-29-25(39)24(38)22(36)18(13-32)44-29/h9-10,12,18-19,21-26,28-29,32-34,36-39H,2-8,11,13-14H2,1H3,(H,31,40)/t18?,19?,21?,22-,23+,24?,25?,26?,28-,29?/m1/s1. The number of hydrogen-bond donors (Lipinski definition) is 8. The van der Waals surface area contributed by atoms with Crippen LogP contribution in [0.3, 0.4) is 0 Å². The van der Waals surface area contributed by atoms with Crippen LogP contribution in [0.2, 0.25) is 0 Å². The second-order valence-corrected chi connectivity index (χ2v) is 11.0. The third-order valence-corrected chi connectivity index (χ3v) is 7.78. The Morgan fingerprint density at radius 3 is 2.16 bits per heavy atom. The molecular weight excluding hydrogens is 605 g/mol. The number of nitrogens with one attached hydrogen (secondary N) is 1. The van der Waals surface area contributed by atoms with Gasteiger partial charge in [-0.2, -0.15) is 0 Å². The number of amides is 1. The summed E-state index contributed by atoms with van der Waals surface area (Å²) < 4.78 is 41.4. The van der Waals surface area contributed by atoms with E-state index in [9.17, 15) is 49.7 Å². The van der Waals surface area contributed by atoms with Crippen molar-refractivity contribution >= 4 is 11.9 Å². The van der Waals surface area contributed by atoms with Gasteiger partial charge in [0.25, 0.3) is 5.91 Å². The summed E-state index contributed by atoms with van der Waals surface area (Å²) in [5.74, 6) is -2.62. The number of rotatable bonds is 16. The number of esters is 1. The average Bonchev–Trinajstić information content (AvgIpc) is 3.03. The van der Waals surface area contributed by atoms with Gasteiger partial charge < -0.3 is 64.7 Å². The van der Waals surface area contributed by atoms with Crippen molar-refractivity contribution in [3.05, 3.63) is 29.6 Å². The molecule has 0 spiro atoms. The van der Waals surface area contributed by atoms with Gasteiger partial charge >= 0.3 is 5.97 Å². The molecule has 0 aliphatic carbocycles. The zero-order chi connectivity index (χ0) is 33.1. The number of methoxy groups -OCH3 is 1. The number of halogens is 1. The van der Waals surface area contributed by atoms with Gasteiger partial charge in [-0.25, -0.2) is 4.39 Å². The van der Waals surface area contributed by atoms with Gasteiger partial charge in [-0.1, -0.05) is 25.7 Å². The van der Waals surface area contributed by atoms with Gasteiger partial charge in [0.15, 0.2) is 12.6 Å². The van der Waals surface area contributed by atoms with Crippen LogP contribution in [0.4, 0.5) is 4.39 Å². The number of carbonyl (C=O) groups is 2. The first-order valence-electron chi connectivity index (χ1n) is 14.9. The Kier molecular flexibility index (Phi) is 14.8. The van der Waals surface area contributed by atoms with Gasteiger partial charge in [0.2, 0.25) is 0 Å². The van der Waals surface area contributed by atoms with Crippen LogP contribution in [-0.2, 0) is 28.5 Å². The first-order valence-corrected chi connectivity index (χ1v) is 14.9. The second kappa shape index (κ2) is 18.0. The highest BCUT2D eigenvalue weighted by Crippen LogP contribution is 2.30. The van der Waals surface area contributed by atoms with E-state index in [0.717, 1.165) is 43.9 Å². The van der Waals surface area contributed by atoms with Crippen LogP contribution in [0, 0.1) is 5.82 Å². The van der Waals surface area contributed by atoms with Gasteiger partial charge in [-0.05, 0) is 31.0 Å². The normalized spacial score (nSPS) is 31.8. The highest BCUT2D eigenvalue weighted by molar-refractivity contribution is 5.97. The molecule has 16 heteroatoms. The van der Waals surface area contributed by atoms with Crippen molar-refractivity contribution in [2.75, 3.05) is 26.9 Å². The third-order valence-electron chi connectivity index (χ3n) is 7.78. The molecular formula is C29H44FNO14. The molecule has 2 aliphatic rings. The molecule has 8 N–H and O–H groups in total. The molecule has 256 valence electrons. The van der Waals surface area contributed by atoms with E-state index in [2.05, 4.69) is 10.1 Å². The molecule has 15 nitrogen and oxygen atoms in total. The lowest BCUT2D eigenvalue weighted by Gasteiger charge is -2.47. The summed E-state index contributed by atoms with van der Waals surface area (Å²) in [6.45, 7) is -1.37. The third kappa shape index (κ3) is 9.99. The summed E-state index contributed by atoms with van der Waals surface area (Å²) in [4.78, 5) is 24.4. The van der Waals surface area contributed by atoms with Crippen molar-refractivity contribution < 1.29 is 73.4 Å². The fraction of sp³-hybridized carbons (Fsp3) is 0.724. The Morgan fingerprint density at radius 2 is 1.49 bits per heavy atom. The molecule has 45 heavy (non-hydrogen) atoms. The molecule has 0 radical (unpaired) electrons. The summed E-state index contributed by atoms with van der Waals surface area (Å²) in [5.41, 5.74) is -0.452. The van der Waals surface area contributed by atoms with Crippen LogP contribution in [0.25, 0.3) is 0 Å². The molecule has 2 aliphatic heterocycles. The molecule has 10 atom stereocenters. The number of hydrogen-bond acceptors (Lipinski definition) is 14. The number of aromatic hydroxyl groups is 1. The minimum Gasteiger partial charge on any atom is -0.507 e. The number of aliphatic hydroxyl groups excluding tert-OH is 6. The van der Waals surface area contributed by atoms with Crippen molar-refractivity contribution in [3.8, 4) is 5.75 Å². The summed E-state index contributed by atoms with van der Waals surface area (Å²) in [6, 6.07) is 1.30. The highest BCUT2D eigenvalue weighted by Gasteiger charge is 2.51. The maximum atomic E-state index is 13.9. The maximum Gasteiger partial charge on any atom is 0.305 e. The van der Waals surface area contributed by atoms with Crippen molar-refractivity contribution in [1.29, 1.82) is 0 Å². The molecule has 1 aromatic rings. The monoisotopic (exact) mass is 649 g/mol. The van der Waals surface area contributed by atoms with E-state index < -0.39 is 97.6 Å². The maximum absolute atomic E-state index is 13.9. The number of benzene rings is 1. The average molecular weight is 650 g/mol. The molecule has 2 heterocycles. The smallest absolute Gasteiger partial charge is 0.305 e. The minimum atomic E-state index is -1.86. The molecule has 1 amide bonds. The molecule has 2 fully saturated rings. The van der Waals surface area contributed by atoms with Gasteiger partial charge in [-0.3, -0.25) is 9.59 Å². The second-order valence-electron chi connectivity index (χ2n) is 11.0. The molecule has 1 aromatic carbocycles. The van der Waals surface area contributed by atoms with Crippen LogP contribution >= 0.6 is 0 Å². The van der Waals surface area contributed by atoms with Crippen molar-refractivity contribution in [1.82, 2.24) is 5.32 Å². The number of aliphatic hydroxyl groups is 6. The van der Waals surface area contributed by atoms with Crippen LogP contribution in [0.5, 0.6) is 5.75 Å². The Bertz CT molecular complexity index is 1080. The summed E-state index contributed by atoms with van der Waals surface area (Å²) in [7, 11) is 1.34. The van der Waals surface area contributed by atoms with E-state index in [1.165, 1.54) is 7.11 Å². The highest BCUT2D eigenvalue weighted by atomic mass is 19.1. The van der Waals surface area contributed by atoms with E-state index >= 15 is 0 Å². The SMILES string of the molecule is COC(=O)CCCCCCCCO[C@@H]1OC(CO)[C@H](O)C(OC2OC(CO)[C@@H](O)C(O)C2O)C1NC(=O)c1cc(F)ccc1O. The predicted molar refractivity (Wildman–Crippen MR) is 150 cm³/mol. The van der Waals surface area contributed by atoms with Crippen molar-refractivity contribution in [2.24, 2.45) is 0 Å². The largest absolute Gasteiger partial charge is 0.507 e. The Morgan fingerprint density at radius 1 is 0.867 bits per heavy atom. The van der Waals surface area contributed by atoms with Crippen molar-refractivity contribution in [3.63, 3.8) is 0 Å². The number of carbonyl (C=O) groups excluding carboxylic acids is 2. The van der Waals surface area contributed by atoms with Gasteiger partial charge in [0, 0.05) is 13.0 Å². The molecule has 0 bridgehead atoms.